The van der Waals surface area contributed by atoms with Crippen molar-refractivity contribution in [2.24, 2.45) is 0 Å². The van der Waals surface area contributed by atoms with Crippen LogP contribution in [-0.2, 0) is 6.54 Å². The van der Waals surface area contributed by atoms with Crippen molar-refractivity contribution >= 4 is 0 Å². The van der Waals surface area contributed by atoms with Gasteiger partial charge in [0.1, 0.15) is 0 Å². The Morgan fingerprint density at radius 3 is 2.89 bits per heavy atom. The van der Waals surface area contributed by atoms with Crippen molar-refractivity contribution in [2.75, 3.05) is 0 Å². The summed E-state index contributed by atoms with van der Waals surface area (Å²) in [6.07, 6.45) is 2.99. The fraction of sp³-hybridized carbons (Fsp3) is 0.571. The molecule has 1 heterocycles. The Morgan fingerprint density at radius 2 is 2.44 bits per heavy atom. The van der Waals surface area contributed by atoms with E-state index in [1.165, 1.54) is 5.69 Å². The highest BCUT2D eigenvalue weighted by Gasteiger charge is 1.91. The lowest BCUT2D eigenvalue weighted by Crippen LogP contribution is -1.99. The van der Waals surface area contributed by atoms with Crippen molar-refractivity contribution < 1.29 is 0 Å². The molecule has 0 aromatic carbocycles. The molecule has 0 unspecified atom stereocenters. The third kappa shape index (κ3) is 1.31. The molecule has 0 amide bonds. The quantitative estimate of drug-likeness (QED) is 0.585. The average molecular weight is 124 g/mol. The number of aryl methyl sites for hydroxylation is 2. The van der Waals surface area contributed by atoms with Gasteiger partial charge in [0.15, 0.2) is 0 Å². The summed E-state index contributed by atoms with van der Waals surface area (Å²) in [5, 5.41) is 4.12. The highest BCUT2D eigenvalue weighted by molar-refractivity contribution is 4.95. The van der Waals surface area contributed by atoms with Crippen LogP contribution in [-0.4, -0.2) is 9.78 Å². The fourth-order valence-electron chi connectivity index (χ4n) is 0.845. The van der Waals surface area contributed by atoms with E-state index in [-0.39, 0.29) is 0 Å². The first-order valence-electron chi connectivity index (χ1n) is 3.33. The first kappa shape index (κ1) is 6.33. The summed E-state index contributed by atoms with van der Waals surface area (Å²) in [6, 6.07) is 2.02. The van der Waals surface area contributed by atoms with Crippen molar-refractivity contribution in [1.82, 2.24) is 9.78 Å². The van der Waals surface area contributed by atoms with E-state index in [9.17, 15) is 0 Å². The minimum atomic E-state index is 1.04. The normalized spacial score (nSPS) is 10.0. The zero-order valence-electron chi connectivity index (χ0n) is 5.96. The predicted molar refractivity (Wildman–Crippen MR) is 37.3 cm³/mol. The zero-order chi connectivity index (χ0) is 6.69. The molecule has 0 spiro atoms. The number of hydrogen-bond donors (Lipinski definition) is 0. The lowest BCUT2D eigenvalue weighted by Gasteiger charge is -1.98. The van der Waals surface area contributed by atoms with E-state index >= 15 is 0 Å². The van der Waals surface area contributed by atoms with E-state index in [1.807, 2.05) is 16.9 Å². The highest BCUT2D eigenvalue weighted by atomic mass is 15.3. The molecule has 0 N–H and O–H groups in total. The van der Waals surface area contributed by atoms with Crippen LogP contribution in [0.25, 0.3) is 0 Å². The third-order valence-electron chi connectivity index (χ3n) is 1.36. The standard InChI is InChI=1S/C7H12N2/c1-3-6-9-7(2)4-5-8-9/h4-5H,3,6H2,1-2H3. The third-order valence-corrected chi connectivity index (χ3v) is 1.36. The maximum absolute atomic E-state index is 4.12. The van der Waals surface area contributed by atoms with E-state index in [0.717, 1.165) is 13.0 Å². The van der Waals surface area contributed by atoms with Crippen LogP contribution >= 0.6 is 0 Å². The van der Waals surface area contributed by atoms with Crippen molar-refractivity contribution in [3.05, 3.63) is 18.0 Å². The van der Waals surface area contributed by atoms with Crippen molar-refractivity contribution in [2.45, 2.75) is 26.8 Å². The van der Waals surface area contributed by atoms with E-state index in [4.69, 9.17) is 0 Å². The van der Waals surface area contributed by atoms with Crippen LogP contribution in [0.1, 0.15) is 19.0 Å². The first-order chi connectivity index (χ1) is 4.34. The summed E-state index contributed by atoms with van der Waals surface area (Å²) in [5.41, 5.74) is 1.25. The van der Waals surface area contributed by atoms with Gasteiger partial charge in [-0.3, -0.25) is 4.68 Å². The number of rotatable bonds is 2. The molecule has 0 aliphatic carbocycles. The van der Waals surface area contributed by atoms with Gasteiger partial charge in [-0.15, -0.1) is 0 Å². The van der Waals surface area contributed by atoms with Gasteiger partial charge in [0.2, 0.25) is 0 Å². The van der Waals surface area contributed by atoms with Gasteiger partial charge in [0.25, 0.3) is 0 Å². The molecular formula is C7H12N2. The Balaban J connectivity index is 2.69. The topological polar surface area (TPSA) is 17.8 Å². The summed E-state index contributed by atoms with van der Waals surface area (Å²) < 4.78 is 2.01. The molecule has 1 rings (SSSR count). The second-order valence-electron chi connectivity index (χ2n) is 2.20. The van der Waals surface area contributed by atoms with Gasteiger partial charge in [-0.05, 0) is 19.4 Å². The molecule has 1 aromatic rings. The van der Waals surface area contributed by atoms with Crippen LogP contribution in [0.4, 0.5) is 0 Å². The molecule has 2 heteroatoms. The molecule has 2 nitrogen and oxygen atoms in total. The van der Waals surface area contributed by atoms with E-state index in [0.29, 0.717) is 0 Å². The lowest BCUT2D eigenvalue weighted by molar-refractivity contribution is 0.587. The van der Waals surface area contributed by atoms with E-state index in [1.54, 1.807) is 0 Å². The van der Waals surface area contributed by atoms with Gasteiger partial charge in [-0.1, -0.05) is 6.92 Å². The first-order valence-corrected chi connectivity index (χ1v) is 3.33. The molecule has 0 aliphatic heterocycles. The second-order valence-corrected chi connectivity index (χ2v) is 2.20. The predicted octanol–water partition coefficient (Wildman–Crippen LogP) is 1.60. The average Bonchev–Trinajstić information content (AvgIpc) is 2.18. The van der Waals surface area contributed by atoms with Crippen LogP contribution in [0.3, 0.4) is 0 Å². The summed E-state index contributed by atoms with van der Waals surface area (Å²) in [6.45, 7) is 5.27. The number of nitrogens with zero attached hydrogens (tertiary/aromatic N) is 2. The van der Waals surface area contributed by atoms with Crippen LogP contribution < -0.4 is 0 Å². The van der Waals surface area contributed by atoms with E-state index in [2.05, 4.69) is 18.9 Å². The summed E-state index contributed by atoms with van der Waals surface area (Å²) >= 11 is 0. The lowest BCUT2D eigenvalue weighted by atomic mass is 10.4. The SMILES string of the molecule is CCCn1nccc1C. The summed E-state index contributed by atoms with van der Waals surface area (Å²) in [5.74, 6) is 0. The van der Waals surface area contributed by atoms with Crippen molar-refractivity contribution in [3.8, 4) is 0 Å². The van der Waals surface area contributed by atoms with Crippen LogP contribution in [0.15, 0.2) is 12.3 Å². The minimum Gasteiger partial charge on any atom is -0.270 e. The fourth-order valence-corrected chi connectivity index (χ4v) is 0.845. The van der Waals surface area contributed by atoms with Gasteiger partial charge in [0.05, 0.1) is 0 Å². The molecule has 0 aliphatic rings. The Kier molecular flexibility index (Phi) is 1.88. The summed E-state index contributed by atoms with van der Waals surface area (Å²) in [7, 11) is 0. The van der Waals surface area contributed by atoms with Crippen molar-refractivity contribution in [1.29, 1.82) is 0 Å². The largest absolute Gasteiger partial charge is 0.270 e. The van der Waals surface area contributed by atoms with Gasteiger partial charge in [-0.2, -0.15) is 5.10 Å². The minimum absolute atomic E-state index is 1.04. The molecule has 50 valence electrons. The van der Waals surface area contributed by atoms with Gasteiger partial charge in [-0.25, -0.2) is 0 Å². The molecule has 0 saturated heterocycles. The van der Waals surface area contributed by atoms with Crippen LogP contribution in [0.2, 0.25) is 0 Å². The van der Waals surface area contributed by atoms with Gasteiger partial charge >= 0.3 is 0 Å². The molecule has 0 atom stereocenters. The maximum Gasteiger partial charge on any atom is 0.0492 e. The van der Waals surface area contributed by atoms with E-state index < -0.39 is 0 Å². The Labute approximate surface area is 55.5 Å². The Morgan fingerprint density at radius 1 is 1.67 bits per heavy atom. The Hall–Kier alpha value is -0.790. The number of hydrogen-bond acceptors (Lipinski definition) is 1. The molecule has 0 fully saturated rings. The highest BCUT2D eigenvalue weighted by Crippen LogP contribution is 1.95. The molecule has 0 radical (unpaired) electrons. The smallest absolute Gasteiger partial charge is 0.0492 e. The molecule has 1 aromatic heterocycles. The maximum atomic E-state index is 4.12. The number of aromatic nitrogens is 2. The van der Waals surface area contributed by atoms with Crippen molar-refractivity contribution in [3.63, 3.8) is 0 Å². The Bertz CT molecular complexity index is 179. The van der Waals surface area contributed by atoms with Gasteiger partial charge in [0, 0.05) is 18.4 Å². The van der Waals surface area contributed by atoms with Crippen LogP contribution in [0.5, 0.6) is 0 Å². The second kappa shape index (κ2) is 2.67. The zero-order valence-corrected chi connectivity index (χ0v) is 5.96. The van der Waals surface area contributed by atoms with Crippen LogP contribution in [0, 0.1) is 6.92 Å². The molecular weight excluding hydrogens is 112 g/mol. The summed E-state index contributed by atoms with van der Waals surface area (Å²) in [4.78, 5) is 0. The molecule has 9 heavy (non-hydrogen) atoms. The molecule has 0 bridgehead atoms. The monoisotopic (exact) mass is 124 g/mol. The molecule has 0 saturated carbocycles. The van der Waals surface area contributed by atoms with Gasteiger partial charge < -0.3 is 0 Å².